The van der Waals surface area contributed by atoms with Crippen LogP contribution in [0.2, 0.25) is 0 Å². The van der Waals surface area contributed by atoms with Crippen LogP contribution >= 0.6 is 0 Å². The zero-order chi connectivity index (χ0) is 49.4. The molecule has 0 N–H and O–H groups in total. The number of furan rings is 1. The molecular formula is C47H30N2O2. The van der Waals surface area contributed by atoms with Crippen molar-refractivity contribution in [1.82, 2.24) is 4.98 Å². The Morgan fingerprint density at radius 3 is 1.75 bits per heavy atom. The monoisotopic (exact) mass is 672 g/mol. The van der Waals surface area contributed by atoms with Crippen molar-refractivity contribution in [1.29, 1.82) is 0 Å². The lowest BCUT2D eigenvalue weighted by atomic mass is 10.0. The van der Waals surface area contributed by atoms with E-state index in [1.165, 1.54) is 12.1 Å². The molecule has 0 atom stereocenters. The first-order valence-electron chi connectivity index (χ1n) is 24.6. The van der Waals surface area contributed by atoms with Crippen LogP contribution in [-0.4, -0.2) is 4.98 Å². The van der Waals surface area contributed by atoms with Gasteiger partial charge in [-0.3, -0.25) is 0 Å². The fraction of sp³-hybridized carbons (Fsp3) is 0. The quantitative estimate of drug-likeness (QED) is 0.176. The van der Waals surface area contributed by atoms with Gasteiger partial charge >= 0.3 is 0 Å². The molecule has 0 saturated heterocycles. The van der Waals surface area contributed by atoms with Gasteiger partial charge in [-0.1, -0.05) is 103 Å². The lowest BCUT2D eigenvalue weighted by Crippen LogP contribution is -2.09. The van der Waals surface area contributed by atoms with E-state index in [4.69, 9.17) is 22.5 Å². The molecule has 0 saturated carbocycles. The van der Waals surface area contributed by atoms with Crippen molar-refractivity contribution in [2.45, 2.75) is 0 Å². The molecule has 240 valence electrons. The molecule has 4 nitrogen and oxygen atoms in total. The second kappa shape index (κ2) is 11.9. The van der Waals surface area contributed by atoms with Gasteiger partial charge in [-0.05, 0) is 106 Å². The molecule has 0 unspecified atom stereocenters. The molecule has 0 amide bonds. The third kappa shape index (κ3) is 5.13. The van der Waals surface area contributed by atoms with E-state index in [2.05, 4.69) is 4.98 Å². The second-order valence-electron chi connectivity index (χ2n) is 11.4. The smallest absolute Gasteiger partial charge is 0.227 e. The first-order chi connectivity index (χ1) is 32.7. The summed E-state index contributed by atoms with van der Waals surface area (Å²) in [4.78, 5) is 5.60. The molecule has 10 aromatic rings. The van der Waals surface area contributed by atoms with Crippen molar-refractivity contribution in [3.8, 4) is 33.7 Å². The molecule has 0 aliphatic carbocycles. The molecule has 0 fully saturated rings. The number of para-hydroxylation sites is 2. The van der Waals surface area contributed by atoms with Crippen LogP contribution in [0.1, 0.15) is 24.7 Å². The van der Waals surface area contributed by atoms with Gasteiger partial charge in [0.15, 0.2) is 5.58 Å². The SMILES string of the molecule is [2H]c1c([2H])c([2H])c(-c2c([2H])c([2H])c(N(c3ccc4c(ccc5c6cc(-c7nc8ccccc8o7)ccc6oc45)c3)c3c([2H])c([2H])c(-c4c([2H])c([2H])c([2H])c([2H])c4[2H])c([2H])c3[2H])c([2H])c2[2H])c([2H])c1[2H]. The van der Waals surface area contributed by atoms with Crippen molar-refractivity contribution < 1.29 is 33.5 Å². The molecule has 0 aliphatic heterocycles. The molecule has 2 heterocycles. The Morgan fingerprint density at radius 2 is 1.08 bits per heavy atom. The minimum absolute atomic E-state index is 0.0103. The minimum Gasteiger partial charge on any atom is -0.455 e. The molecule has 0 bridgehead atoms. The molecule has 4 heteroatoms. The van der Waals surface area contributed by atoms with Crippen molar-refractivity contribution in [2.75, 3.05) is 4.90 Å². The van der Waals surface area contributed by atoms with E-state index in [0.717, 1.165) is 10.3 Å². The largest absolute Gasteiger partial charge is 0.455 e. The maximum atomic E-state index is 9.40. The van der Waals surface area contributed by atoms with Crippen LogP contribution < -0.4 is 4.90 Å². The lowest BCUT2D eigenvalue weighted by molar-refractivity contribution is 0.620. The van der Waals surface area contributed by atoms with Gasteiger partial charge in [0.25, 0.3) is 0 Å². The number of rotatable bonds is 6. The van der Waals surface area contributed by atoms with Gasteiger partial charge in [0, 0.05) is 38.8 Å². The van der Waals surface area contributed by atoms with E-state index in [9.17, 15) is 11.0 Å². The summed E-state index contributed by atoms with van der Waals surface area (Å²) in [6.45, 7) is 0. The fourth-order valence-corrected chi connectivity index (χ4v) is 6.02. The molecule has 51 heavy (non-hydrogen) atoms. The van der Waals surface area contributed by atoms with E-state index in [1.54, 1.807) is 24.3 Å². The van der Waals surface area contributed by atoms with Crippen LogP contribution in [0, 0.1) is 0 Å². The molecular weight excluding hydrogens is 625 g/mol. The van der Waals surface area contributed by atoms with Gasteiger partial charge in [0.05, 0.1) is 24.7 Å². The van der Waals surface area contributed by atoms with Crippen LogP contribution in [0.3, 0.4) is 0 Å². The maximum absolute atomic E-state index is 9.40. The van der Waals surface area contributed by atoms with E-state index in [-0.39, 0.29) is 5.69 Å². The number of hydrogen-bond acceptors (Lipinski definition) is 4. The standard InChI is InChI=1S/C47H30N2O2/c1-3-9-31(10-4-1)33-15-21-37(22-16-33)49(38-23-17-34(18-24-38)32-11-5-2-6-12-32)39-25-27-40-35(29-39)19-26-41-42-30-36(20-28-44(42)50-46(40)41)47-48-43-13-7-8-14-45(43)51-47/h1-30H/i1D,2D,3D,4D,5D,6D,9D,10D,11D,12D,15D,16D,17D,18D,21D,22D,23D,24D. The molecule has 0 aliphatic rings. The van der Waals surface area contributed by atoms with Crippen LogP contribution in [-0.2, 0) is 0 Å². The Morgan fingerprint density at radius 1 is 0.451 bits per heavy atom. The van der Waals surface area contributed by atoms with Gasteiger partial charge in [-0.15, -0.1) is 0 Å². The van der Waals surface area contributed by atoms with E-state index >= 15 is 0 Å². The highest BCUT2D eigenvalue weighted by Gasteiger charge is 2.17. The zero-order valence-electron chi connectivity index (χ0n) is 44.1. The summed E-state index contributed by atoms with van der Waals surface area (Å²) in [5.41, 5.74) is -0.724. The summed E-state index contributed by atoms with van der Waals surface area (Å²) in [5.74, 6) is 0.407. The molecule has 10 rings (SSSR count). The maximum Gasteiger partial charge on any atom is 0.227 e. The van der Waals surface area contributed by atoms with Gasteiger partial charge in [-0.2, -0.15) is 0 Å². The minimum atomic E-state index is -0.859. The number of benzene rings is 8. The first-order valence-corrected chi connectivity index (χ1v) is 15.6. The third-order valence-corrected chi connectivity index (χ3v) is 8.41. The summed E-state index contributed by atoms with van der Waals surface area (Å²) in [5, 5.41) is 2.48. The molecule has 0 radical (unpaired) electrons. The number of fused-ring (bicyclic) bond motifs is 6. The van der Waals surface area contributed by atoms with Gasteiger partial charge in [-0.25, -0.2) is 4.98 Å². The number of aromatic nitrogens is 1. The topological polar surface area (TPSA) is 42.4 Å². The second-order valence-corrected chi connectivity index (χ2v) is 11.4. The van der Waals surface area contributed by atoms with Crippen molar-refractivity contribution >= 4 is 60.9 Å². The van der Waals surface area contributed by atoms with E-state index in [0.29, 0.717) is 49.9 Å². The Hall–Kier alpha value is -6.91. The predicted molar refractivity (Wildman–Crippen MR) is 210 cm³/mol. The predicted octanol–water partition coefficient (Wildman–Crippen LogP) is 13.4. The summed E-state index contributed by atoms with van der Waals surface area (Å²) >= 11 is 0. The summed E-state index contributed by atoms with van der Waals surface area (Å²) in [6.07, 6.45) is 0. The zero-order valence-corrected chi connectivity index (χ0v) is 26.1. The van der Waals surface area contributed by atoms with Crippen molar-refractivity contribution in [2.24, 2.45) is 0 Å². The Bertz CT molecular complexity index is 3640. The Labute approximate surface area is 319 Å². The average molecular weight is 673 g/mol. The summed E-state index contributed by atoms with van der Waals surface area (Å²) < 4.78 is 170. The van der Waals surface area contributed by atoms with Crippen LogP contribution in [0.25, 0.3) is 77.5 Å². The molecule has 0 spiro atoms. The van der Waals surface area contributed by atoms with E-state index < -0.39 is 142 Å². The fourth-order valence-electron chi connectivity index (χ4n) is 6.02. The number of hydrogen-bond donors (Lipinski definition) is 0. The third-order valence-electron chi connectivity index (χ3n) is 8.41. The highest BCUT2D eigenvalue weighted by Crippen LogP contribution is 2.41. The van der Waals surface area contributed by atoms with Gasteiger partial charge < -0.3 is 13.7 Å². The number of anilines is 3. The summed E-state index contributed by atoms with van der Waals surface area (Å²) in [6, 6.07) is 6.40. The molecule has 2 aromatic heterocycles. The van der Waals surface area contributed by atoms with Crippen molar-refractivity contribution in [3.05, 3.63) is 182 Å². The van der Waals surface area contributed by atoms with E-state index in [1.807, 2.05) is 36.4 Å². The molecule has 8 aromatic carbocycles. The van der Waals surface area contributed by atoms with Crippen molar-refractivity contribution in [3.63, 3.8) is 0 Å². The Balaban J connectivity index is 1.22. The van der Waals surface area contributed by atoms with Gasteiger partial charge in [0.1, 0.15) is 16.7 Å². The number of nitrogens with zero attached hydrogens (tertiary/aromatic N) is 2. The average Bonchev–Trinajstić information content (AvgIpc) is 3.96. The lowest BCUT2D eigenvalue weighted by Gasteiger charge is -2.26. The highest BCUT2D eigenvalue weighted by atomic mass is 16.3. The summed E-state index contributed by atoms with van der Waals surface area (Å²) in [7, 11) is 0. The Kier molecular flexibility index (Phi) is 3.78. The number of oxazole rings is 1. The van der Waals surface area contributed by atoms with Crippen LogP contribution in [0.4, 0.5) is 17.1 Å². The van der Waals surface area contributed by atoms with Crippen LogP contribution in [0.5, 0.6) is 0 Å². The first kappa shape index (κ1) is 16.2. The van der Waals surface area contributed by atoms with Crippen LogP contribution in [0.15, 0.2) is 190 Å². The van der Waals surface area contributed by atoms with Gasteiger partial charge in [0.2, 0.25) is 5.89 Å². The highest BCUT2D eigenvalue weighted by molar-refractivity contribution is 6.16. The normalized spacial score (nSPS) is 16.5.